The summed E-state index contributed by atoms with van der Waals surface area (Å²) in [4.78, 5) is 22.5. The fourth-order valence-electron chi connectivity index (χ4n) is 2.56. The highest BCUT2D eigenvalue weighted by Gasteiger charge is 2.16. The zero-order valence-corrected chi connectivity index (χ0v) is 17.0. The molecule has 1 amide bonds. The lowest BCUT2D eigenvalue weighted by Gasteiger charge is -2.06. The molecule has 3 aromatic carbocycles. The van der Waals surface area contributed by atoms with Gasteiger partial charge >= 0.3 is 5.69 Å². The van der Waals surface area contributed by atoms with Gasteiger partial charge < -0.3 is 9.84 Å². The second-order valence-corrected chi connectivity index (χ2v) is 6.59. The van der Waals surface area contributed by atoms with Gasteiger partial charge in [0, 0.05) is 11.6 Å². The molecule has 32 heavy (non-hydrogen) atoms. The number of ether oxygens (including phenoxy) is 1. The maximum Gasteiger partial charge on any atom is 0.311 e. The van der Waals surface area contributed by atoms with Crippen molar-refractivity contribution >= 4 is 29.2 Å². The topological polar surface area (TPSA) is 139 Å². The molecule has 0 aromatic heterocycles. The molecule has 3 rings (SSSR count). The highest BCUT2D eigenvalue weighted by molar-refractivity contribution is 5.86. The molecule has 0 aliphatic heterocycles. The molecular weight excluding hydrogens is 414 g/mol. The number of nitro benzene ring substituents is 1. The molecule has 3 aromatic rings. The van der Waals surface area contributed by atoms with Crippen molar-refractivity contribution in [2.45, 2.75) is 6.92 Å². The molecule has 10 nitrogen and oxygen atoms in total. The van der Waals surface area contributed by atoms with Crippen LogP contribution in [0.15, 0.2) is 82.1 Å². The van der Waals surface area contributed by atoms with E-state index in [1.165, 1.54) is 24.4 Å². The van der Waals surface area contributed by atoms with Crippen molar-refractivity contribution in [3.05, 3.63) is 88.0 Å². The second kappa shape index (κ2) is 10.4. The number of nitrogens with zero attached hydrogens (tertiary/aromatic N) is 4. The number of azo groups is 1. The van der Waals surface area contributed by atoms with E-state index in [4.69, 9.17) is 4.74 Å². The molecule has 2 N–H and O–H groups in total. The van der Waals surface area contributed by atoms with Crippen molar-refractivity contribution in [2.75, 3.05) is 6.61 Å². The SMILES string of the molecule is Cc1ccc(OCC(=O)NN=Cc2cc(N=Nc3ccccc3)ccc2O)c([N+](=O)[O-])c1. The molecular formula is C22H19N5O5. The number of benzene rings is 3. The normalized spacial score (nSPS) is 11.0. The molecule has 0 radical (unpaired) electrons. The summed E-state index contributed by atoms with van der Waals surface area (Å²) < 4.78 is 5.23. The van der Waals surface area contributed by atoms with Gasteiger partial charge in [0.25, 0.3) is 5.91 Å². The molecule has 0 unspecified atom stereocenters. The Balaban J connectivity index is 1.59. The Kier molecular flexibility index (Phi) is 7.20. The number of nitrogens with one attached hydrogen (secondary N) is 1. The lowest BCUT2D eigenvalue weighted by atomic mass is 10.2. The van der Waals surface area contributed by atoms with Crippen molar-refractivity contribution in [3.63, 3.8) is 0 Å². The lowest BCUT2D eigenvalue weighted by molar-refractivity contribution is -0.385. The molecule has 0 saturated heterocycles. The van der Waals surface area contributed by atoms with Gasteiger partial charge in [0.1, 0.15) is 5.75 Å². The molecule has 0 heterocycles. The molecule has 162 valence electrons. The van der Waals surface area contributed by atoms with E-state index in [1.807, 2.05) is 18.2 Å². The molecule has 10 heteroatoms. The molecule has 0 bridgehead atoms. The molecule has 0 aliphatic carbocycles. The van der Waals surface area contributed by atoms with Gasteiger partial charge in [-0.1, -0.05) is 24.3 Å². The minimum absolute atomic E-state index is 0.0196. The van der Waals surface area contributed by atoms with Crippen molar-refractivity contribution in [1.29, 1.82) is 0 Å². The minimum atomic E-state index is -0.629. The Bertz CT molecular complexity index is 1180. The van der Waals surface area contributed by atoms with Crippen LogP contribution in [-0.2, 0) is 4.79 Å². The van der Waals surface area contributed by atoms with Crippen molar-refractivity contribution in [2.24, 2.45) is 15.3 Å². The maximum absolute atomic E-state index is 12.0. The summed E-state index contributed by atoms with van der Waals surface area (Å²) >= 11 is 0. The molecule has 0 atom stereocenters. The Morgan fingerprint density at radius 2 is 1.84 bits per heavy atom. The van der Waals surface area contributed by atoms with Crippen molar-refractivity contribution < 1.29 is 19.6 Å². The van der Waals surface area contributed by atoms with E-state index < -0.39 is 17.4 Å². The summed E-state index contributed by atoms with van der Waals surface area (Å²) in [7, 11) is 0. The van der Waals surface area contributed by atoms with E-state index in [0.717, 1.165) is 0 Å². The summed E-state index contributed by atoms with van der Waals surface area (Å²) in [5.74, 6) is -0.711. The summed E-state index contributed by atoms with van der Waals surface area (Å²) in [6.45, 7) is 1.24. The average molecular weight is 433 g/mol. The maximum atomic E-state index is 12.0. The third-order valence-electron chi connectivity index (χ3n) is 4.11. The van der Waals surface area contributed by atoms with Crippen LogP contribution >= 0.6 is 0 Å². The smallest absolute Gasteiger partial charge is 0.311 e. The van der Waals surface area contributed by atoms with Gasteiger partial charge in [-0.25, -0.2) is 5.43 Å². The van der Waals surface area contributed by atoms with Crippen molar-refractivity contribution in [3.8, 4) is 11.5 Å². The number of phenolic OH excluding ortho intramolecular Hbond substituents is 1. The van der Waals surface area contributed by atoms with Gasteiger partial charge in [-0.3, -0.25) is 14.9 Å². The van der Waals surface area contributed by atoms with Crippen LogP contribution in [0, 0.1) is 17.0 Å². The number of aromatic hydroxyl groups is 1. The van der Waals surface area contributed by atoms with E-state index in [-0.39, 0.29) is 17.2 Å². The molecule has 0 aliphatic rings. The summed E-state index contributed by atoms with van der Waals surface area (Å²) in [5, 5.41) is 33.1. The zero-order valence-electron chi connectivity index (χ0n) is 17.0. The predicted octanol–water partition coefficient (Wildman–Crippen LogP) is 4.55. The van der Waals surface area contributed by atoms with E-state index in [0.29, 0.717) is 22.5 Å². The van der Waals surface area contributed by atoms with Gasteiger partial charge in [-0.2, -0.15) is 15.3 Å². The van der Waals surface area contributed by atoms with E-state index in [9.17, 15) is 20.0 Å². The van der Waals surface area contributed by atoms with Crippen LogP contribution in [0.4, 0.5) is 17.1 Å². The number of rotatable bonds is 8. The molecule has 0 spiro atoms. The number of aryl methyl sites for hydroxylation is 1. The van der Waals surface area contributed by atoms with Gasteiger partial charge in [-0.15, -0.1) is 0 Å². The van der Waals surface area contributed by atoms with Crippen LogP contribution in [0.3, 0.4) is 0 Å². The first kappa shape index (κ1) is 22.1. The van der Waals surface area contributed by atoms with Crippen LogP contribution in [0.1, 0.15) is 11.1 Å². The van der Waals surface area contributed by atoms with Gasteiger partial charge in [0.2, 0.25) is 0 Å². The minimum Gasteiger partial charge on any atom is -0.507 e. The first-order valence-electron chi connectivity index (χ1n) is 9.42. The van der Waals surface area contributed by atoms with Crippen LogP contribution in [-0.4, -0.2) is 28.8 Å². The van der Waals surface area contributed by atoms with Crippen molar-refractivity contribution in [1.82, 2.24) is 5.43 Å². The number of nitro groups is 1. The Morgan fingerprint density at radius 3 is 2.59 bits per heavy atom. The number of hydrazone groups is 1. The third kappa shape index (κ3) is 6.20. The largest absolute Gasteiger partial charge is 0.507 e. The first-order valence-corrected chi connectivity index (χ1v) is 9.42. The highest BCUT2D eigenvalue weighted by Crippen LogP contribution is 2.27. The second-order valence-electron chi connectivity index (χ2n) is 6.59. The van der Waals surface area contributed by atoms with E-state index in [2.05, 4.69) is 20.8 Å². The van der Waals surface area contributed by atoms with Crippen LogP contribution in [0.5, 0.6) is 11.5 Å². The Labute approximate surface area is 183 Å². The van der Waals surface area contributed by atoms with E-state index >= 15 is 0 Å². The van der Waals surface area contributed by atoms with Gasteiger partial charge in [-0.05, 0) is 48.9 Å². The van der Waals surface area contributed by atoms with Gasteiger partial charge in [0.05, 0.1) is 22.5 Å². The summed E-state index contributed by atoms with van der Waals surface area (Å²) in [6, 6.07) is 18.1. The summed E-state index contributed by atoms with van der Waals surface area (Å²) in [6.07, 6.45) is 1.24. The van der Waals surface area contributed by atoms with Crippen LogP contribution < -0.4 is 10.2 Å². The predicted molar refractivity (Wildman–Crippen MR) is 118 cm³/mol. The lowest BCUT2D eigenvalue weighted by Crippen LogP contribution is -2.24. The standard InChI is InChI=1S/C22H19N5O5/c1-15-7-10-21(19(11-15)27(30)31)32-14-22(29)26-23-13-16-12-18(8-9-20(16)28)25-24-17-5-3-2-4-6-17/h2-13,28H,14H2,1H3,(H,26,29). The first-order chi connectivity index (χ1) is 15.4. The van der Waals surface area contributed by atoms with E-state index in [1.54, 1.807) is 37.3 Å². The average Bonchev–Trinajstić information content (AvgIpc) is 2.79. The number of amides is 1. The molecule has 0 fully saturated rings. The van der Waals surface area contributed by atoms with Crippen LogP contribution in [0.2, 0.25) is 0 Å². The summed E-state index contributed by atoms with van der Waals surface area (Å²) in [5.41, 5.74) is 4.17. The fraction of sp³-hybridized carbons (Fsp3) is 0.0909. The third-order valence-corrected chi connectivity index (χ3v) is 4.11. The Morgan fingerprint density at radius 1 is 1.09 bits per heavy atom. The highest BCUT2D eigenvalue weighted by atomic mass is 16.6. The number of hydrogen-bond acceptors (Lipinski definition) is 8. The quantitative estimate of drug-likeness (QED) is 0.232. The fourth-order valence-corrected chi connectivity index (χ4v) is 2.56. The van der Waals surface area contributed by atoms with Gasteiger partial charge in [0.15, 0.2) is 12.4 Å². The number of carbonyl (C=O) groups excluding carboxylic acids is 1. The number of carbonyl (C=O) groups is 1. The number of hydrogen-bond donors (Lipinski definition) is 2. The number of phenols is 1. The van der Waals surface area contributed by atoms with Crippen LogP contribution in [0.25, 0.3) is 0 Å². The monoisotopic (exact) mass is 433 g/mol. The zero-order chi connectivity index (χ0) is 22.9. The Hall–Kier alpha value is -4.60. The molecule has 0 saturated carbocycles.